The molecule has 1 aromatic heterocycles. The summed E-state index contributed by atoms with van der Waals surface area (Å²) in [5.41, 5.74) is 0. The second kappa shape index (κ2) is 6.18. The van der Waals surface area contributed by atoms with Crippen LogP contribution in [0, 0.1) is 5.92 Å². The fourth-order valence-electron chi connectivity index (χ4n) is 2.29. The molecule has 0 spiro atoms. The van der Waals surface area contributed by atoms with Gasteiger partial charge in [0.05, 0.1) is 0 Å². The molecule has 1 saturated carbocycles. The van der Waals surface area contributed by atoms with Gasteiger partial charge in [0, 0.05) is 23.0 Å². The van der Waals surface area contributed by atoms with Crippen molar-refractivity contribution in [2.24, 2.45) is 5.92 Å². The summed E-state index contributed by atoms with van der Waals surface area (Å²) in [6.45, 7) is 8.16. The molecule has 0 bridgehead atoms. The van der Waals surface area contributed by atoms with E-state index in [1.54, 1.807) is 0 Å². The van der Waals surface area contributed by atoms with Crippen molar-refractivity contribution in [3.8, 4) is 0 Å². The first-order valence-corrected chi connectivity index (χ1v) is 7.96. The molecule has 1 fully saturated rings. The minimum atomic E-state index is 0.517. The van der Waals surface area contributed by atoms with Crippen LogP contribution in [0.5, 0.6) is 0 Å². The van der Waals surface area contributed by atoms with Crippen molar-refractivity contribution in [2.75, 3.05) is 13.6 Å². The maximum absolute atomic E-state index is 3.64. The number of hydrogen-bond donors (Lipinski definition) is 1. The molecular formula is C15H26N2S. The Balaban J connectivity index is 1.84. The van der Waals surface area contributed by atoms with E-state index in [0.29, 0.717) is 18.0 Å². The molecular weight excluding hydrogens is 240 g/mol. The molecule has 0 aliphatic heterocycles. The smallest absolute Gasteiger partial charge is 0.0413 e. The summed E-state index contributed by atoms with van der Waals surface area (Å²) in [6, 6.07) is 6.33. The molecule has 2 nitrogen and oxygen atoms in total. The molecule has 0 amide bonds. The van der Waals surface area contributed by atoms with E-state index >= 15 is 0 Å². The molecule has 0 radical (unpaired) electrons. The number of hydrogen-bond acceptors (Lipinski definition) is 3. The molecule has 0 aromatic carbocycles. The first-order valence-electron chi connectivity index (χ1n) is 7.08. The summed E-state index contributed by atoms with van der Waals surface area (Å²) in [4.78, 5) is 3.97. The van der Waals surface area contributed by atoms with Crippen molar-refractivity contribution in [3.05, 3.63) is 22.4 Å². The van der Waals surface area contributed by atoms with Crippen LogP contribution >= 0.6 is 11.3 Å². The molecule has 1 aromatic rings. The van der Waals surface area contributed by atoms with Crippen molar-refractivity contribution in [1.29, 1.82) is 0 Å². The Morgan fingerprint density at radius 2 is 2.11 bits per heavy atom. The Bertz CT molecular complexity index is 345. The van der Waals surface area contributed by atoms with Crippen LogP contribution in [0.2, 0.25) is 0 Å². The van der Waals surface area contributed by atoms with Crippen LogP contribution in [0.15, 0.2) is 17.5 Å². The monoisotopic (exact) mass is 266 g/mol. The van der Waals surface area contributed by atoms with Crippen molar-refractivity contribution < 1.29 is 0 Å². The maximum Gasteiger partial charge on any atom is 0.0413 e. The first-order chi connectivity index (χ1) is 8.59. The van der Waals surface area contributed by atoms with Gasteiger partial charge in [-0.25, -0.2) is 0 Å². The van der Waals surface area contributed by atoms with E-state index in [1.807, 2.05) is 11.3 Å². The SMILES string of the molecule is CC(CNC1CC1)C(C)N(C)C(C)c1cccs1. The Hall–Kier alpha value is -0.380. The van der Waals surface area contributed by atoms with Crippen LogP contribution in [0.25, 0.3) is 0 Å². The fraction of sp³-hybridized carbons (Fsp3) is 0.733. The molecule has 1 N–H and O–H groups in total. The summed E-state index contributed by atoms with van der Waals surface area (Å²) in [6.07, 6.45) is 2.76. The Morgan fingerprint density at radius 1 is 1.39 bits per heavy atom. The lowest BCUT2D eigenvalue weighted by molar-refractivity contribution is 0.151. The average Bonchev–Trinajstić information content (AvgIpc) is 3.05. The number of nitrogens with zero attached hydrogens (tertiary/aromatic N) is 1. The minimum absolute atomic E-state index is 0.517. The Kier molecular flexibility index (Phi) is 4.82. The summed E-state index contributed by atoms with van der Waals surface area (Å²) >= 11 is 1.86. The average molecular weight is 266 g/mol. The van der Waals surface area contributed by atoms with Crippen molar-refractivity contribution in [2.45, 2.75) is 51.7 Å². The second-order valence-electron chi connectivity index (χ2n) is 5.76. The normalized spacial score (nSPS) is 20.9. The van der Waals surface area contributed by atoms with E-state index < -0.39 is 0 Å². The molecule has 2 rings (SSSR count). The van der Waals surface area contributed by atoms with Crippen LogP contribution in [0.4, 0.5) is 0 Å². The third kappa shape index (κ3) is 3.56. The number of thiophene rings is 1. The van der Waals surface area contributed by atoms with E-state index in [4.69, 9.17) is 0 Å². The summed E-state index contributed by atoms with van der Waals surface area (Å²) in [5, 5.41) is 5.81. The zero-order chi connectivity index (χ0) is 13.1. The van der Waals surface area contributed by atoms with Crippen molar-refractivity contribution in [3.63, 3.8) is 0 Å². The molecule has 3 atom stereocenters. The highest BCUT2D eigenvalue weighted by molar-refractivity contribution is 7.10. The molecule has 18 heavy (non-hydrogen) atoms. The molecule has 102 valence electrons. The lowest BCUT2D eigenvalue weighted by atomic mass is 10.0. The van der Waals surface area contributed by atoms with E-state index in [9.17, 15) is 0 Å². The topological polar surface area (TPSA) is 15.3 Å². The van der Waals surface area contributed by atoms with Crippen molar-refractivity contribution >= 4 is 11.3 Å². The van der Waals surface area contributed by atoms with Gasteiger partial charge in [-0.05, 0) is 57.6 Å². The van der Waals surface area contributed by atoms with Crippen LogP contribution in [0.3, 0.4) is 0 Å². The highest BCUT2D eigenvalue weighted by Crippen LogP contribution is 2.27. The van der Waals surface area contributed by atoms with Gasteiger partial charge >= 0.3 is 0 Å². The number of rotatable bonds is 7. The largest absolute Gasteiger partial charge is 0.314 e. The predicted molar refractivity (Wildman–Crippen MR) is 80.1 cm³/mol. The van der Waals surface area contributed by atoms with Gasteiger partial charge in [0.1, 0.15) is 0 Å². The van der Waals surface area contributed by atoms with Gasteiger partial charge in [-0.2, -0.15) is 0 Å². The fourth-order valence-corrected chi connectivity index (χ4v) is 3.13. The van der Waals surface area contributed by atoms with E-state index in [0.717, 1.165) is 12.6 Å². The molecule has 1 aliphatic carbocycles. The molecule has 3 unspecified atom stereocenters. The third-order valence-electron chi connectivity index (χ3n) is 4.34. The minimum Gasteiger partial charge on any atom is -0.314 e. The van der Waals surface area contributed by atoms with Gasteiger partial charge in [0.2, 0.25) is 0 Å². The highest BCUT2D eigenvalue weighted by Gasteiger charge is 2.25. The third-order valence-corrected chi connectivity index (χ3v) is 5.38. The molecule has 0 saturated heterocycles. The zero-order valence-corrected chi connectivity index (χ0v) is 12.8. The van der Waals surface area contributed by atoms with Crippen LogP contribution in [0.1, 0.15) is 44.5 Å². The lowest BCUT2D eigenvalue weighted by Crippen LogP contribution is -2.40. The van der Waals surface area contributed by atoms with Crippen molar-refractivity contribution in [1.82, 2.24) is 10.2 Å². The van der Waals surface area contributed by atoms with Crippen LogP contribution in [-0.4, -0.2) is 30.6 Å². The highest BCUT2D eigenvalue weighted by atomic mass is 32.1. The predicted octanol–water partition coefficient (Wildman–Crippen LogP) is 3.52. The van der Waals surface area contributed by atoms with Crippen LogP contribution < -0.4 is 5.32 Å². The van der Waals surface area contributed by atoms with E-state index in [-0.39, 0.29) is 0 Å². The molecule has 1 heterocycles. The van der Waals surface area contributed by atoms with Gasteiger partial charge in [-0.1, -0.05) is 13.0 Å². The maximum atomic E-state index is 3.64. The summed E-state index contributed by atoms with van der Waals surface area (Å²) in [5.74, 6) is 0.693. The first kappa shape index (κ1) is 14.0. The van der Waals surface area contributed by atoms with Gasteiger partial charge < -0.3 is 5.32 Å². The van der Waals surface area contributed by atoms with Crippen LogP contribution in [-0.2, 0) is 0 Å². The Labute approximate surface area is 115 Å². The van der Waals surface area contributed by atoms with Gasteiger partial charge in [-0.3, -0.25) is 4.90 Å². The van der Waals surface area contributed by atoms with Gasteiger partial charge in [0.15, 0.2) is 0 Å². The quantitative estimate of drug-likeness (QED) is 0.812. The molecule has 3 heteroatoms. The molecule has 1 aliphatic rings. The van der Waals surface area contributed by atoms with Gasteiger partial charge in [-0.15, -0.1) is 11.3 Å². The zero-order valence-electron chi connectivity index (χ0n) is 12.0. The van der Waals surface area contributed by atoms with E-state index in [2.05, 4.69) is 55.5 Å². The Morgan fingerprint density at radius 3 is 2.67 bits per heavy atom. The summed E-state index contributed by atoms with van der Waals surface area (Å²) < 4.78 is 0. The van der Waals surface area contributed by atoms with E-state index in [1.165, 1.54) is 17.7 Å². The number of nitrogens with one attached hydrogen (secondary N) is 1. The standard InChI is InChI=1S/C15H26N2S/c1-11(10-16-14-7-8-14)12(2)17(4)13(3)15-6-5-9-18-15/h5-6,9,11-14,16H,7-8,10H2,1-4H3. The van der Waals surface area contributed by atoms with Gasteiger partial charge in [0.25, 0.3) is 0 Å². The lowest BCUT2D eigenvalue weighted by Gasteiger charge is -2.34. The second-order valence-corrected chi connectivity index (χ2v) is 6.74. The summed E-state index contributed by atoms with van der Waals surface area (Å²) in [7, 11) is 2.25.